The Balaban J connectivity index is 2.10. The SMILES string of the molecule is CCN(CCO)C(=O)C(=O)Nc1ccc(-n2cccn2)c(Cl)c1. The van der Waals surface area contributed by atoms with Gasteiger partial charge in [0.1, 0.15) is 0 Å². The average molecular weight is 337 g/mol. The van der Waals surface area contributed by atoms with Crippen LogP contribution in [-0.2, 0) is 9.59 Å². The van der Waals surface area contributed by atoms with E-state index in [9.17, 15) is 9.59 Å². The number of benzene rings is 1. The van der Waals surface area contributed by atoms with Gasteiger partial charge in [-0.1, -0.05) is 11.6 Å². The molecule has 2 rings (SSSR count). The molecule has 2 amide bonds. The molecule has 0 atom stereocenters. The highest BCUT2D eigenvalue weighted by atomic mass is 35.5. The van der Waals surface area contributed by atoms with Crippen LogP contribution in [0.2, 0.25) is 5.02 Å². The van der Waals surface area contributed by atoms with Crippen molar-refractivity contribution in [2.24, 2.45) is 0 Å². The molecule has 2 aromatic rings. The molecule has 0 saturated carbocycles. The van der Waals surface area contributed by atoms with E-state index in [0.717, 1.165) is 0 Å². The maximum atomic E-state index is 12.0. The van der Waals surface area contributed by atoms with Gasteiger partial charge >= 0.3 is 11.8 Å². The molecule has 0 aliphatic rings. The molecule has 1 aromatic heterocycles. The summed E-state index contributed by atoms with van der Waals surface area (Å²) in [6.07, 6.45) is 3.38. The van der Waals surface area contributed by atoms with Crippen LogP contribution in [0.25, 0.3) is 5.69 Å². The third-order valence-corrected chi connectivity index (χ3v) is 3.49. The second kappa shape index (κ2) is 7.75. The maximum absolute atomic E-state index is 12.0. The number of carbonyl (C=O) groups excluding carboxylic acids is 2. The van der Waals surface area contributed by atoms with E-state index in [-0.39, 0.29) is 13.2 Å². The van der Waals surface area contributed by atoms with Crippen molar-refractivity contribution in [1.29, 1.82) is 0 Å². The van der Waals surface area contributed by atoms with E-state index in [1.165, 1.54) is 4.90 Å². The smallest absolute Gasteiger partial charge is 0.313 e. The highest BCUT2D eigenvalue weighted by Crippen LogP contribution is 2.23. The Morgan fingerprint density at radius 1 is 1.43 bits per heavy atom. The first-order valence-electron chi connectivity index (χ1n) is 7.07. The van der Waals surface area contributed by atoms with Crippen LogP contribution in [0.5, 0.6) is 0 Å². The van der Waals surface area contributed by atoms with E-state index in [4.69, 9.17) is 16.7 Å². The zero-order valence-corrected chi connectivity index (χ0v) is 13.3. The van der Waals surface area contributed by atoms with Crippen molar-refractivity contribution in [1.82, 2.24) is 14.7 Å². The molecular weight excluding hydrogens is 320 g/mol. The quantitative estimate of drug-likeness (QED) is 0.806. The summed E-state index contributed by atoms with van der Waals surface area (Å²) < 4.78 is 1.60. The van der Waals surface area contributed by atoms with E-state index in [0.29, 0.717) is 22.9 Å². The van der Waals surface area contributed by atoms with E-state index in [1.807, 2.05) is 0 Å². The van der Waals surface area contributed by atoms with Crippen LogP contribution in [0.3, 0.4) is 0 Å². The Bertz CT molecular complexity index is 688. The molecule has 122 valence electrons. The topological polar surface area (TPSA) is 87.5 Å². The van der Waals surface area contributed by atoms with Crippen molar-refractivity contribution in [2.75, 3.05) is 25.0 Å². The molecule has 0 fully saturated rings. The third kappa shape index (κ3) is 4.08. The minimum absolute atomic E-state index is 0.113. The predicted molar refractivity (Wildman–Crippen MR) is 86.5 cm³/mol. The van der Waals surface area contributed by atoms with Gasteiger partial charge in [0, 0.05) is 31.2 Å². The van der Waals surface area contributed by atoms with Crippen molar-refractivity contribution >= 4 is 29.1 Å². The lowest BCUT2D eigenvalue weighted by molar-refractivity contribution is -0.143. The molecule has 1 heterocycles. The highest BCUT2D eigenvalue weighted by molar-refractivity contribution is 6.39. The number of amides is 2. The lowest BCUT2D eigenvalue weighted by Crippen LogP contribution is -2.41. The predicted octanol–water partition coefficient (Wildman–Crippen LogP) is 1.30. The summed E-state index contributed by atoms with van der Waals surface area (Å²) in [4.78, 5) is 25.2. The summed E-state index contributed by atoms with van der Waals surface area (Å²) in [5.74, 6) is -1.47. The fourth-order valence-corrected chi connectivity index (χ4v) is 2.30. The van der Waals surface area contributed by atoms with E-state index >= 15 is 0 Å². The molecule has 0 radical (unpaired) electrons. The highest BCUT2D eigenvalue weighted by Gasteiger charge is 2.20. The normalized spacial score (nSPS) is 10.4. The number of likely N-dealkylation sites (N-methyl/N-ethyl adjacent to an activating group) is 1. The summed E-state index contributed by atoms with van der Waals surface area (Å²) in [5, 5.41) is 15.9. The van der Waals surface area contributed by atoms with Gasteiger partial charge in [0.2, 0.25) is 0 Å². The van der Waals surface area contributed by atoms with Gasteiger partial charge in [-0.3, -0.25) is 9.59 Å². The number of rotatable bonds is 5. The molecule has 1 aromatic carbocycles. The van der Waals surface area contributed by atoms with Crippen LogP contribution >= 0.6 is 11.6 Å². The van der Waals surface area contributed by atoms with Gasteiger partial charge in [-0.2, -0.15) is 5.10 Å². The molecule has 0 aliphatic carbocycles. The zero-order chi connectivity index (χ0) is 16.8. The number of halogens is 1. The monoisotopic (exact) mass is 336 g/mol. The first kappa shape index (κ1) is 17.0. The number of aromatic nitrogens is 2. The molecular formula is C15H17ClN4O3. The fourth-order valence-electron chi connectivity index (χ4n) is 2.03. The summed E-state index contributed by atoms with van der Waals surface area (Å²) in [6.45, 7) is 1.99. The number of hydrogen-bond donors (Lipinski definition) is 2. The minimum Gasteiger partial charge on any atom is -0.395 e. The maximum Gasteiger partial charge on any atom is 0.313 e. The Morgan fingerprint density at radius 2 is 2.22 bits per heavy atom. The molecule has 7 nitrogen and oxygen atoms in total. The molecule has 0 aliphatic heterocycles. The number of nitrogens with one attached hydrogen (secondary N) is 1. The summed E-state index contributed by atoms with van der Waals surface area (Å²) in [6, 6.07) is 6.65. The zero-order valence-electron chi connectivity index (χ0n) is 12.6. The van der Waals surface area contributed by atoms with Crippen molar-refractivity contribution in [3.05, 3.63) is 41.7 Å². The van der Waals surface area contributed by atoms with Crippen LogP contribution in [0.4, 0.5) is 5.69 Å². The van der Waals surface area contributed by atoms with Crippen LogP contribution in [-0.4, -0.2) is 51.3 Å². The molecule has 0 unspecified atom stereocenters. The number of anilines is 1. The van der Waals surface area contributed by atoms with Crippen molar-refractivity contribution in [2.45, 2.75) is 6.92 Å². The van der Waals surface area contributed by atoms with Crippen LogP contribution in [0.15, 0.2) is 36.7 Å². The van der Waals surface area contributed by atoms with Crippen LogP contribution in [0, 0.1) is 0 Å². The Labute approximate surface area is 138 Å². The van der Waals surface area contributed by atoms with Gasteiger partial charge in [-0.25, -0.2) is 4.68 Å². The lowest BCUT2D eigenvalue weighted by Gasteiger charge is -2.18. The Hall–Kier alpha value is -2.38. The molecule has 8 heteroatoms. The van der Waals surface area contributed by atoms with Crippen LogP contribution < -0.4 is 5.32 Å². The van der Waals surface area contributed by atoms with Gasteiger partial charge in [-0.05, 0) is 31.2 Å². The van der Waals surface area contributed by atoms with Gasteiger partial charge in [0.05, 0.1) is 17.3 Å². The van der Waals surface area contributed by atoms with Gasteiger partial charge in [0.15, 0.2) is 0 Å². The van der Waals surface area contributed by atoms with E-state index < -0.39 is 11.8 Å². The van der Waals surface area contributed by atoms with Crippen molar-refractivity contribution in [3.8, 4) is 5.69 Å². The second-order valence-electron chi connectivity index (χ2n) is 4.68. The molecule has 0 spiro atoms. The minimum atomic E-state index is -0.775. The van der Waals surface area contributed by atoms with Crippen LogP contribution in [0.1, 0.15) is 6.92 Å². The number of aliphatic hydroxyl groups is 1. The Kier molecular flexibility index (Phi) is 5.72. The molecule has 2 N–H and O–H groups in total. The fraction of sp³-hybridized carbons (Fsp3) is 0.267. The first-order valence-corrected chi connectivity index (χ1v) is 7.45. The van der Waals surface area contributed by atoms with Crippen molar-refractivity contribution in [3.63, 3.8) is 0 Å². The molecule has 0 saturated heterocycles. The standard InChI is InChI=1S/C15H17ClN4O3/c1-2-19(8-9-21)15(23)14(22)18-11-4-5-13(12(16)10-11)20-7-3-6-17-20/h3-7,10,21H,2,8-9H2,1H3,(H,18,22). The lowest BCUT2D eigenvalue weighted by atomic mass is 10.2. The van der Waals surface area contributed by atoms with Gasteiger partial charge < -0.3 is 15.3 Å². The molecule has 23 heavy (non-hydrogen) atoms. The van der Waals surface area contributed by atoms with Gasteiger partial charge in [-0.15, -0.1) is 0 Å². The summed E-state index contributed by atoms with van der Waals surface area (Å²) >= 11 is 6.18. The summed E-state index contributed by atoms with van der Waals surface area (Å²) in [5.41, 5.74) is 1.07. The second-order valence-corrected chi connectivity index (χ2v) is 5.09. The first-order chi connectivity index (χ1) is 11.1. The van der Waals surface area contributed by atoms with E-state index in [1.54, 1.807) is 48.3 Å². The average Bonchev–Trinajstić information content (AvgIpc) is 3.06. The number of hydrogen-bond acceptors (Lipinski definition) is 4. The van der Waals surface area contributed by atoms with E-state index in [2.05, 4.69) is 10.4 Å². The van der Waals surface area contributed by atoms with Crippen molar-refractivity contribution < 1.29 is 14.7 Å². The molecule has 0 bridgehead atoms. The number of nitrogens with zero attached hydrogens (tertiary/aromatic N) is 3. The number of aliphatic hydroxyl groups excluding tert-OH is 1. The largest absolute Gasteiger partial charge is 0.395 e. The summed E-state index contributed by atoms with van der Waals surface area (Å²) in [7, 11) is 0. The Morgan fingerprint density at radius 3 is 2.78 bits per heavy atom. The third-order valence-electron chi connectivity index (χ3n) is 3.19. The van der Waals surface area contributed by atoms with Gasteiger partial charge in [0.25, 0.3) is 0 Å². The number of carbonyl (C=O) groups is 2.